The van der Waals surface area contributed by atoms with Crippen LogP contribution in [0.25, 0.3) is 11.1 Å². The molecule has 0 fully saturated rings. The first-order chi connectivity index (χ1) is 8.81. The van der Waals surface area contributed by atoms with Crippen LogP contribution in [0.1, 0.15) is 24.4 Å². The highest BCUT2D eigenvalue weighted by Gasteiger charge is 2.05. The standard InChI is InChI=1S/C17H19N/c1-2-3-9-17(18)16-12-10-15(11-13-16)14-7-5-4-6-8-14/h2,4-8,10-13,17H,1,3,9,18H2/t17-/m1/s1. The fourth-order valence-electron chi connectivity index (χ4n) is 2.02. The van der Waals surface area contributed by atoms with Gasteiger partial charge in [0.25, 0.3) is 0 Å². The van der Waals surface area contributed by atoms with Gasteiger partial charge in [0.1, 0.15) is 0 Å². The van der Waals surface area contributed by atoms with Crippen LogP contribution in [0.4, 0.5) is 0 Å². The zero-order chi connectivity index (χ0) is 12.8. The quantitative estimate of drug-likeness (QED) is 0.770. The normalized spacial score (nSPS) is 12.1. The summed E-state index contributed by atoms with van der Waals surface area (Å²) in [6.45, 7) is 3.72. The van der Waals surface area contributed by atoms with Gasteiger partial charge in [0.05, 0.1) is 0 Å². The monoisotopic (exact) mass is 237 g/mol. The van der Waals surface area contributed by atoms with Crippen molar-refractivity contribution in [3.63, 3.8) is 0 Å². The average molecular weight is 237 g/mol. The SMILES string of the molecule is C=CCC[C@@H](N)c1ccc(-c2ccccc2)cc1. The van der Waals surface area contributed by atoms with Crippen LogP contribution in [-0.2, 0) is 0 Å². The molecule has 0 aromatic heterocycles. The molecule has 0 amide bonds. The van der Waals surface area contributed by atoms with Crippen molar-refractivity contribution in [3.8, 4) is 11.1 Å². The third kappa shape index (κ3) is 3.08. The van der Waals surface area contributed by atoms with E-state index in [-0.39, 0.29) is 6.04 Å². The molecule has 1 heteroatoms. The van der Waals surface area contributed by atoms with E-state index in [0.29, 0.717) is 0 Å². The van der Waals surface area contributed by atoms with Gasteiger partial charge in [0.2, 0.25) is 0 Å². The van der Waals surface area contributed by atoms with Gasteiger partial charge in [-0.05, 0) is 29.5 Å². The van der Waals surface area contributed by atoms with E-state index >= 15 is 0 Å². The summed E-state index contributed by atoms with van der Waals surface area (Å²) in [5.41, 5.74) is 9.78. The lowest BCUT2D eigenvalue weighted by molar-refractivity contribution is 0.661. The summed E-state index contributed by atoms with van der Waals surface area (Å²) in [6.07, 6.45) is 3.83. The van der Waals surface area contributed by atoms with E-state index in [1.165, 1.54) is 16.7 Å². The Kier molecular flexibility index (Phi) is 4.32. The maximum atomic E-state index is 6.12. The summed E-state index contributed by atoms with van der Waals surface area (Å²) in [5.74, 6) is 0. The summed E-state index contributed by atoms with van der Waals surface area (Å²) < 4.78 is 0. The van der Waals surface area contributed by atoms with E-state index in [0.717, 1.165) is 12.8 Å². The highest BCUT2D eigenvalue weighted by molar-refractivity contribution is 5.63. The molecule has 0 aliphatic carbocycles. The second-order valence-corrected chi connectivity index (χ2v) is 4.46. The number of allylic oxidation sites excluding steroid dienone is 1. The smallest absolute Gasteiger partial charge is 0.0297 e. The van der Waals surface area contributed by atoms with E-state index in [9.17, 15) is 0 Å². The predicted octanol–water partition coefficient (Wildman–Crippen LogP) is 4.32. The molecule has 0 saturated carbocycles. The fraction of sp³-hybridized carbons (Fsp3) is 0.176. The summed E-state index contributed by atoms with van der Waals surface area (Å²) in [4.78, 5) is 0. The summed E-state index contributed by atoms with van der Waals surface area (Å²) >= 11 is 0. The van der Waals surface area contributed by atoms with Crippen molar-refractivity contribution < 1.29 is 0 Å². The molecular formula is C17H19N. The predicted molar refractivity (Wildman–Crippen MR) is 78.2 cm³/mol. The Morgan fingerprint density at radius 1 is 0.944 bits per heavy atom. The Labute approximate surface area is 109 Å². The third-order valence-electron chi connectivity index (χ3n) is 3.13. The van der Waals surface area contributed by atoms with Crippen LogP contribution in [0, 0.1) is 0 Å². The van der Waals surface area contributed by atoms with Crippen LogP contribution in [0.2, 0.25) is 0 Å². The largest absolute Gasteiger partial charge is 0.324 e. The van der Waals surface area contributed by atoms with E-state index < -0.39 is 0 Å². The van der Waals surface area contributed by atoms with Crippen LogP contribution in [-0.4, -0.2) is 0 Å². The first kappa shape index (κ1) is 12.6. The Morgan fingerprint density at radius 2 is 1.56 bits per heavy atom. The van der Waals surface area contributed by atoms with E-state index in [4.69, 9.17) is 5.73 Å². The Bertz CT molecular complexity index is 485. The minimum absolute atomic E-state index is 0.104. The minimum atomic E-state index is 0.104. The summed E-state index contributed by atoms with van der Waals surface area (Å²) in [7, 11) is 0. The van der Waals surface area contributed by atoms with Gasteiger partial charge in [-0.1, -0.05) is 60.7 Å². The second-order valence-electron chi connectivity index (χ2n) is 4.46. The van der Waals surface area contributed by atoms with Crippen molar-refractivity contribution in [2.45, 2.75) is 18.9 Å². The van der Waals surface area contributed by atoms with E-state index in [1.807, 2.05) is 12.1 Å². The van der Waals surface area contributed by atoms with Gasteiger partial charge in [-0.3, -0.25) is 0 Å². The van der Waals surface area contributed by atoms with Crippen molar-refractivity contribution in [1.29, 1.82) is 0 Å². The minimum Gasteiger partial charge on any atom is -0.324 e. The molecule has 2 N–H and O–H groups in total. The van der Waals surface area contributed by atoms with Crippen molar-refractivity contribution in [2.24, 2.45) is 5.73 Å². The van der Waals surface area contributed by atoms with Crippen molar-refractivity contribution in [1.82, 2.24) is 0 Å². The molecule has 1 nitrogen and oxygen atoms in total. The maximum absolute atomic E-state index is 6.12. The summed E-state index contributed by atoms with van der Waals surface area (Å²) in [6, 6.07) is 19.0. The van der Waals surface area contributed by atoms with Crippen LogP contribution < -0.4 is 5.73 Å². The first-order valence-electron chi connectivity index (χ1n) is 6.33. The highest BCUT2D eigenvalue weighted by atomic mass is 14.6. The number of nitrogens with two attached hydrogens (primary N) is 1. The first-order valence-corrected chi connectivity index (χ1v) is 6.33. The molecule has 0 saturated heterocycles. The average Bonchev–Trinajstić information content (AvgIpc) is 2.46. The lowest BCUT2D eigenvalue weighted by Gasteiger charge is -2.11. The van der Waals surface area contributed by atoms with Gasteiger partial charge < -0.3 is 5.73 Å². The molecule has 0 aliphatic rings. The molecule has 92 valence electrons. The van der Waals surface area contributed by atoms with Gasteiger partial charge in [0.15, 0.2) is 0 Å². The second kappa shape index (κ2) is 6.18. The molecular weight excluding hydrogens is 218 g/mol. The molecule has 2 rings (SSSR count). The Morgan fingerprint density at radius 3 is 2.17 bits per heavy atom. The zero-order valence-corrected chi connectivity index (χ0v) is 10.5. The molecule has 0 spiro atoms. The Hall–Kier alpha value is -1.86. The zero-order valence-electron chi connectivity index (χ0n) is 10.5. The van der Waals surface area contributed by atoms with Crippen molar-refractivity contribution in [2.75, 3.05) is 0 Å². The van der Waals surface area contributed by atoms with Crippen LogP contribution in [0.15, 0.2) is 67.3 Å². The maximum Gasteiger partial charge on any atom is 0.0297 e. The number of hydrogen-bond acceptors (Lipinski definition) is 1. The lowest BCUT2D eigenvalue weighted by Crippen LogP contribution is -2.09. The van der Waals surface area contributed by atoms with Gasteiger partial charge >= 0.3 is 0 Å². The van der Waals surface area contributed by atoms with Crippen LogP contribution >= 0.6 is 0 Å². The molecule has 18 heavy (non-hydrogen) atoms. The molecule has 2 aromatic carbocycles. The van der Waals surface area contributed by atoms with E-state index in [2.05, 4.69) is 55.1 Å². The summed E-state index contributed by atoms with van der Waals surface area (Å²) in [5, 5.41) is 0. The molecule has 0 radical (unpaired) electrons. The van der Waals surface area contributed by atoms with Crippen molar-refractivity contribution in [3.05, 3.63) is 72.8 Å². The third-order valence-corrected chi connectivity index (χ3v) is 3.13. The molecule has 0 unspecified atom stereocenters. The number of benzene rings is 2. The van der Waals surface area contributed by atoms with Crippen molar-refractivity contribution >= 4 is 0 Å². The van der Waals surface area contributed by atoms with Gasteiger partial charge in [0, 0.05) is 6.04 Å². The molecule has 0 heterocycles. The Balaban J connectivity index is 2.13. The van der Waals surface area contributed by atoms with Gasteiger partial charge in [-0.2, -0.15) is 0 Å². The molecule has 0 bridgehead atoms. The molecule has 2 aromatic rings. The van der Waals surface area contributed by atoms with Crippen LogP contribution in [0.5, 0.6) is 0 Å². The van der Waals surface area contributed by atoms with Crippen LogP contribution in [0.3, 0.4) is 0 Å². The topological polar surface area (TPSA) is 26.0 Å². The number of rotatable bonds is 5. The van der Waals surface area contributed by atoms with Gasteiger partial charge in [-0.25, -0.2) is 0 Å². The fourth-order valence-corrected chi connectivity index (χ4v) is 2.02. The number of hydrogen-bond donors (Lipinski definition) is 1. The molecule has 1 atom stereocenters. The highest BCUT2D eigenvalue weighted by Crippen LogP contribution is 2.22. The lowest BCUT2D eigenvalue weighted by atomic mass is 9.99. The van der Waals surface area contributed by atoms with Gasteiger partial charge in [-0.15, -0.1) is 6.58 Å². The molecule has 0 aliphatic heterocycles. The van der Waals surface area contributed by atoms with E-state index in [1.54, 1.807) is 0 Å².